The summed E-state index contributed by atoms with van der Waals surface area (Å²) >= 11 is 1.39. The molecule has 1 heterocycles. The average molecular weight is 599 g/mol. The molecule has 0 amide bonds. The summed E-state index contributed by atoms with van der Waals surface area (Å²) in [6.07, 6.45) is 4.95. The number of carboxylic acids is 1. The maximum atomic E-state index is 14.9. The Labute approximate surface area is 247 Å². The highest BCUT2D eigenvalue weighted by molar-refractivity contribution is 7.98. The lowest BCUT2D eigenvalue weighted by molar-refractivity contribution is -0.139. The van der Waals surface area contributed by atoms with E-state index >= 15 is 0 Å². The highest BCUT2D eigenvalue weighted by Gasteiger charge is 2.48. The SMILES string of the molecule is CCCC[C@]1(CC)CN(c2ccccc2)c2cc(SC)c(OCC(=O)O)cc2S(=O)(=O)N1Cc1ccc(OC)cc1. The predicted molar refractivity (Wildman–Crippen MR) is 163 cm³/mol. The first kappa shape index (κ1) is 30.7. The van der Waals surface area contributed by atoms with Gasteiger partial charge in [-0.15, -0.1) is 11.8 Å². The maximum Gasteiger partial charge on any atom is 0.341 e. The molecule has 0 spiro atoms. The standard InChI is InChI=1S/C31H38N2O6S2/c1-5-7-17-31(6-2)22-32(24-11-9-8-10-12-24)26-18-28(40-4)27(39-21-30(34)35)19-29(26)41(36,37)33(31)20-23-13-15-25(38-3)16-14-23/h8-16,18-19H,5-7,17,20-22H2,1-4H3,(H,34,35)/t31-/m1/s1. The van der Waals surface area contributed by atoms with Crippen LogP contribution in [0.15, 0.2) is 76.5 Å². The summed E-state index contributed by atoms with van der Waals surface area (Å²) in [7, 11) is -2.49. The summed E-state index contributed by atoms with van der Waals surface area (Å²) in [5, 5.41) is 9.27. The molecule has 8 nitrogen and oxygen atoms in total. The van der Waals surface area contributed by atoms with Crippen LogP contribution in [0, 0.1) is 0 Å². The average Bonchev–Trinajstić information content (AvgIpc) is 3.06. The number of aliphatic carboxylic acids is 1. The molecule has 0 saturated carbocycles. The number of sulfonamides is 1. The van der Waals surface area contributed by atoms with Crippen LogP contribution in [0.1, 0.15) is 45.1 Å². The fourth-order valence-electron chi connectivity index (χ4n) is 5.35. The van der Waals surface area contributed by atoms with E-state index in [1.165, 1.54) is 17.8 Å². The molecule has 1 N–H and O–H groups in total. The van der Waals surface area contributed by atoms with Crippen LogP contribution in [0.25, 0.3) is 0 Å². The third-order valence-corrected chi connectivity index (χ3v) is 10.4. The van der Waals surface area contributed by atoms with Crippen molar-refractivity contribution in [3.05, 3.63) is 72.3 Å². The molecule has 0 fully saturated rings. The van der Waals surface area contributed by atoms with Gasteiger partial charge in [-0.05, 0) is 55.0 Å². The van der Waals surface area contributed by atoms with Crippen LogP contribution in [0.2, 0.25) is 0 Å². The van der Waals surface area contributed by atoms with Crippen LogP contribution in [-0.2, 0) is 21.4 Å². The topological polar surface area (TPSA) is 96.4 Å². The number of nitrogens with zero attached hydrogens (tertiary/aromatic N) is 2. The number of carboxylic acid groups (broad SMARTS) is 1. The summed E-state index contributed by atoms with van der Waals surface area (Å²) in [6.45, 7) is 4.24. The Morgan fingerprint density at radius 2 is 1.78 bits per heavy atom. The van der Waals surface area contributed by atoms with Gasteiger partial charge in [0.25, 0.3) is 0 Å². The van der Waals surface area contributed by atoms with Crippen molar-refractivity contribution in [2.24, 2.45) is 0 Å². The minimum Gasteiger partial charge on any atom is -0.497 e. The number of methoxy groups -OCH3 is 1. The van der Waals surface area contributed by atoms with Crippen LogP contribution >= 0.6 is 11.8 Å². The normalized spacial score (nSPS) is 18.4. The Bertz CT molecular complexity index is 1450. The van der Waals surface area contributed by atoms with Crippen molar-refractivity contribution in [3.63, 3.8) is 0 Å². The molecule has 0 bridgehead atoms. The number of anilines is 2. The number of hydrogen-bond acceptors (Lipinski definition) is 7. The largest absolute Gasteiger partial charge is 0.497 e. The molecule has 1 atom stereocenters. The molecule has 0 aromatic heterocycles. The number of rotatable bonds is 12. The van der Waals surface area contributed by atoms with Crippen molar-refractivity contribution in [2.75, 3.05) is 31.4 Å². The van der Waals surface area contributed by atoms with Gasteiger partial charge in [0.15, 0.2) is 6.61 Å². The lowest BCUT2D eigenvalue weighted by Crippen LogP contribution is -2.54. The van der Waals surface area contributed by atoms with E-state index in [1.54, 1.807) is 11.4 Å². The van der Waals surface area contributed by atoms with Gasteiger partial charge in [-0.1, -0.05) is 57.0 Å². The van der Waals surface area contributed by atoms with Gasteiger partial charge in [0.1, 0.15) is 16.4 Å². The lowest BCUT2D eigenvalue weighted by Gasteiger charge is -2.43. The summed E-state index contributed by atoms with van der Waals surface area (Å²) in [5.74, 6) is -0.200. The molecular formula is C31H38N2O6S2. The molecule has 4 rings (SSSR count). The third-order valence-electron chi connectivity index (χ3n) is 7.64. The number of unbranched alkanes of at least 4 members (excludes halogenated alkanes) is 1. The maximum absolute atomic E-state index is 14.9. The monoisotopic (exact) mass is 598 g/mol. The minimum atomic E-state index is -4.09. The second-order valence-corrected chi connectivity index (χ2v) is 12.8. The smallest absolute Gasteiger partial charge is 0.341 e. The fourth-order valence-corrected chi connectivity index (χ4v) is 7.94. The number of hydrogen-bond donors (Lipinski definition) is 1. The highest BCUT2D eigenvalue weighted by atomic mass is 32.2. The zero-order valence-electron chi connectivity index (χ0n) is 24.0. The quantitative estimate of drug-likeness (QED) is 0.234. The Morgan fingerprint density at radius 3 is 2.37 bits per heavy atom. The Kier molecular flexibility index (Phi) is 9.88. The molecule has 10 heteroatoms. The van der Waals surface area contributed by atoms with Crippen LogP contribution < -0.4 is 14.4 Å². The minimum absolute atomic E-state index is 0.0971. The first-order valence-corrected chi connectivity index (χ1v) is 16.4. The summed E-state index contributed by atoms with van der Waals surface area (Å²) in [4.78, 5) is 14.2. The van der Waals surface area contributed by atoms with Gasteiger partial charge < -0.3 is 19.5 Å². The van der Waals surface area contributed by atoms with E-state index in [1.807, 2.05) is 66.9 Å². The second kappa shape index (κ2) is 13.2. The molecule has 3 aromatic carbocycles. The lowest BCUT2D eigenvalue weighted by atomic mass is 9.88. The number of ether oxygens (including phenoxy) is 2. The van der Waals surface area contributed by atoms with E-state index < -0.39 is 28.1 Å². The van der Waals surface area contributed by atoms with E-state index in [0.29, 0.717) is 35.7 Å². The zero-order chi connectivity index (χ0) is 29.6. The van der Waals surface area contributed by atoms with Gasteiger partial charge in [-0.3, -0.25) is 0 Å². The number of para-hydroxylation sites is 1. The number of thioether (sulfide) groups is 1. The van der Waals surface area contributed by atoms with Gasteiger partial charge in [-0.2, -0.15) is 4.31 Å². The van der Waals surface area contributed by atoms with Crippen LogP contribution in [-0.4, -0.2) is 55.9 Å². The summed E-state index contributed by atoms with van der Waals surface area (Å²) in [5.41, 5.74) is 1.57. The van der Waals surface area contributed by atoms with Gasteiger partial charge in [0.05, 0.1) is 23.2 Å². The first-order valence-electron chi connectivity index (χ1n) is 13.7. The van der Waals surface area contributed by atoms with Crippen molar-refractivity contribution in [1.29, 1.82) is 0 Å². The predicted octanol–water partition coefficient (Wildman–Crippen LogP) is 6.56. The van der Waals surface area contributed by atoms with Gasteiger partial charge in [0.2, 0.25) is 10.0 Å². The highest BCUT2D eigenvalue weighted by Crippen LogP contribution is 2.47. The number of fused-ring (bicyclic) bond motifs is 1. The van der Waals surface area contributed by atoms with Crippen molar-refractivity contribution < 1.29 is 27.8 Å². The Hall–Kier alpha value is -3.21. The second-order valence-electron chi connectivity index (χ2n) is 10.1. The van der Waals surface area contributed by atoms with Crippen molar-refractivity contribution in [3.8, 4) is 11.5 Å². The van der Waals surface area contributed by atoms with Crippen molar-refractivity contribution in [1.82, 2.24) is 4.31 Å². The molecule has 41 heavy (non-hydrogen) atoms. The molecule has 0 unspecified atom stereocenters. The van der Waals surface area contributed by atoms with Crippen molar-refractivity contribution in [2.45, 2.75) is 61.4 Å². The van der Waals surface area contributed by atoms with E-state index in [9.17, 15) is 18.3 Å². The zero-order valence-corrected chi connectivity index (χ0v) is 25.6. The van der Waals surface area contributed by atoms with Crippen molar-refractivity contribution >= 4 is 39.1 Å². The summed E-state index contributed by atoms with van der Waals surface area (Å²) < 4.78 is 42.3. The molecule has 3 aromatic rings. The van der Waals surface area contributed by atoms with Crippen LogP contribution in [0.5, 0.6) is 11.5 Å². The Morgan fingerprint density at radius 1 is 1.07 bits per heavy atom. The molecule has 0 saturated heterocycles. The first-order chi connectivity index (χ1) is 19.7. The molecule has 1 aliphatic heterocycles. The van der Waals surface area contributed by atoms with Gasteiger partial charge >= 0.3 is 5.97 Å². The third kappa shape index (κ3) is 6.50. The van der Waals surface area contributed by atoms with Crippen LogP contribution in [0.3, 0.4) is 0 Å². The summed E-state index contributed by atoms with van der Waals surface area (Å²) in [6, 6.07) is 20.6. The van der Waals surface area contributed by atoms with E-state index in [-0.39, 0.29) is 17.2 Å². The number of benzene rings is 3. The van der Waals surface area contributed by atoms with E-state index in [0.717, 1.165) is 24.1 Å². The number of carbonyl (C=O) groups is 1. The molecule has 0 radical (unpaired) electrons. The molecular weight excluding hydrogens is 560 g/mol. The molecule has 0 aliphatic carbocycles. The van der Waals surface area contributed by atoms with Crippen LogP contribution in [0.4, 0.5) is 11.4 Å². The Balaban J connectivity index is 1.99. The molecule has 220 valence electrons. The fraction of sp³-hybridized carbons (Fsp3) is 0.387. The van der Waals surface area contributed by atoms with Gasteiger partial charge in [-0.25, -0.2) is 13.2 Å². The molecule has 1 aliphatic rings. The van der Waals surface area contributed by atoms with E-state index in [4.69, 9.17) is 9.47 Å². The van der Waals surface area contributed by atoms with E-state index in [2.05, 4.69) is 18.7 Å². The van der Waals surface area contributed by atoms with Gasteiger partial charge in [0, 0.05) is 24.8 Å².